The van der Waals surface area contributed by atoms with Crippen molar-refractivity contribution in [3.63, 3.8) is 0 Å². The van der Waals surface area contributed by atoms with Crippen molar-refractivity contribution in [2.45, 2.75) is 19.4 Å². The van der Waals surface area contributed by atoms with Gasteiger partial charge in [0.2, 0.25) is 0 Å². The molecule has 35 heavy (non-hydrogen) atoms. The van der Waals surface area contributed by atoms with Crippen molar-refractivity contribution in [1.29, 1.82) is 0 Å². The summed E-state index contributed by atoms with van der Waals surface area (Å²) in [5.74, 6) is 0.396. The molecule has 4 aromatic rings. The summed E-state index contributed by atoms with van der Waals surface area (Å²) in [5, 5.41) is 18.2. The van der Waals surface area contributed by atoms with E-state index in [1.54, 1.807) is 22.8 Å². The molecule has 2 aromatic heterocycles. The highest BCUT2D eigenvalue weighted by atomic mass is 79.9. The van der Waals surface area contributed by atoms with Crippen molar-refractivity contribution in [1.82, 2.24) is 19.5 Å². The van der Waals surface area contributed by atoms with E-state index in [1.165, 1.54) is 0 Å². The zero-order valence-electron chi connectivity index (χ0n) is 19.0. The van der Waals surface area contributed by atoms with E-state index < -0.39 is 5.97 Å². The van der Waals surface area contributed by atoms with E-state index in [0.717, 1.165) is 65.2 Å². The van der Waals surface area contributed by atoms with Crippen LogP contribution in [0.1, 0.15) is 28.8 Å². The maximum atomic E-state index is 11.6. The Hall–Kier alpha value is -2.94. The zero-order valence-corrected chi connectivity index (χ0v) is 21.3. The van der Waals surface area contributed by atoms with Gasteiger partial charge in [0, 0.05) is 36.3 Å². The predicted octanol–water partition coefficient (Wildman–Crippen LogP) is 5.83. The molecule has 7 nitrogen and oxygen atoms in total. The minimum Gasteiger partial charge on any atom is -0.478 e. The van der Waals surface area contributed by atoms with Crippen LogP contribution in [0.4, 0.5) is 5.82 Å². The van der Waals surface area contributed by atoms with Crippen LogP contribution < -0.4 is 5.32 Å². The summed E-state index contributed by atoms with van der Waals surface area (Å²) in [6.45, 7) is 3.28. The largest absolute Gasteiger partial charge is 0.478 e. The molecule has 1 saturated heterocycles. The van der Waals surface area contributed by atoms with Crippen molar-refractivity contribution in [2.24, 2.45) is 5.92 Å². The van der Waals surface area contributed by atoms with Gasteiger partial charge in [-0.15, -0.1) is 0 Å². The molecule has 1 unspecified atom stereocenters. The summed E-state index contributed by atoms with van der Waals surface area (Å²) in [4.78, 5) is 18.7. The van der Waals surface area contributed by atoms with E-state index in [1.807, 2.05) is 42.5 Å². The summed E-state index contributed by atoms with van der Waals surface area (Å²) >= 11 is 10.0. The third-order valence-electron chi connectivity index (χ3n) is 6.40. The van der Waals surface area contributed by atoms with Gasteiger partial charge in [-0.2, -0.15) is 9.61 Å². The van der Waals surface area contributed by atoms with Gasteiger partial charge in [-0.1, -0.05) is 48.0 Å². The second kappa shape index (κ2) is 10.4. The summed E-state index contributed by atoms with van der Waals surface area (Å²) in [5.41, 5.74) is 3.61. The van der Waals surface area contributed by atoms with E-state index in [2.05, 4.69) is 31.2 Å². The number of hydrogen-bond acceptors (Lipinski definition) is 5. The molecule has 2 N–H and O–H groups in total. The van der Waals surface area contributed by atoms with Crippen LogP contribution in [0.25, 0.3) is 16.9 Å². The Morgan fingerprint density at radius 3 is 2.83 bits per heavy atom. The first-order valence-corrected chi connectivity index (χ1v) is 12.7. The molecule has 3 heterocycles. The minimum absolute atomic E-state index is 0.378. The number of halogens is 2. The molecule has 1 aliphatic rings. The Morgan fingerprint density at radius 1 is 1.20 bits per heavy atom. The van der Waals surface area contributed by atoms with Crippen LogP contribution in [0.3, 0.4) is 0 Å². The Labute approximate surface area is 216 Å². The number of benzene rings is 2. The van der Waals surface area contributed by atoms with Gasteiger partial charge in [-0.3, -0.25) is 4.90 Å². The number of aromatic carboxylic acids is 1. The molecule has 1 atom stereocenters. The highest BCUT2D eigenvalue weighted by molar-refractivity contribution is 9.10. The van der Waals surface area contributed by atoms with Crippen LogP contribution in [0.15, 0.2) is 65.3 Å². The molecular weight excluding hydrogens is 530 g/mol. The summed E-state index contributed by atoms with van der Waals surface area (Å²) in [7, 11) is 0. The average Bonchev–Trinajstić information content (AvgIpc) is 3.24. The van der Waals surface area contributed by atoms with Crippen molar-refractivity contribution >= 4 is 45.0 Å². The number of anilines is 1. The molecule has 9 heteroatoms. The fourth-order valence-electron chi connectivity index (χ4n) is 4.69. The highest BCUT2D eigenvalue weighted by Gasteiger charge is 2.22. The molecule has 0 bridgehead atoms. The van der Waals surface area contributed by atoms with Crippen molar-refractivity contribution < 1.29 is 9.90 Å². The number of carboxylic acids is 1. The third-order valence-corrected chi connectivity index (χ3v) is 7.28. The number of nitrogens with one attached hydrogen (secondary N) is 1. The van der Waals surface area contributed by atoms with Gasteiger partial charge in [0.1, 0.15) is 5.82 Å². The number of likely N-dealkylation sites (tertiary alicyclic amines) is 1. The first-order valence-electron chi connectivity index (χ1n) is 11.6. The van der Waals surface area contributed by atoms with Crippen LogP contribution in [-0.4, -0.2) is 50.2 Å². The van der Waals surface area contributed by atoms with Gasteiger partial charge < -0.3 is 10.4 Å². The molecule has 1 fully saturated rings. The number of piperidine rings is 1. The molecule has 5 rings (SSSR count). The quantitative estimate of drug-likeness (QED) is 0.299. The van der Waals surface area contributed by atoms with Gasteiger partial charge in [-0.25, -0.2) is 9.78 Å². The lowest BCUT2D eigenvalue weighted by Crippen LogP contribution is -2.38. The lowest BCUT2D eigenvalue weighted by molar-refractivity contribution is 0.0693. The first-order chi connectivity index (χ1) is 17.0. The van der Waals surface area contributed by atoms with Crippen LogP contribution in [0.2, 0.25) is 5.02 Å². The maximum Gasteiger partial charge on any atom is 0.336 e. The molecular formula is C26H25BrClN5O2. The smallest absolute Gasteiger partial charge is 0.336 e. The zero-order chi connectivity index (χ0) is 24.4. The Morgan fingerprint density at radius 2 is 2.00 bits per heavy atom. The minimum atomic E-state index is -0.878. The summed E-state index contributed by atoms with van der Waals surface area (Å²) in [6.07, 6.45) is 3.93. The first kappa shape index (κ1) is 23.8. The highest BCUT2D eigenvalue weighted by Crippen LogP contribution is 2.30. The van der Waals surface area contributed by atoms with Gasteiger partial charge in [-0.05, 0) is 58.9 Å². The number of hydrogen-bond donors (Lipinski definition) is 2. The average molecular weight is 555 g/mol. The molecule has 1 aliphatic heterocycles. The summed E-state index contributed by atoms with van der Waals surface area (Å²) in [6, 6.07) is 16.9. The summed E-state index contributed by atoms with van der Waals surface area (Å²) < 4.78 is 2.61. The Bertz CT molecular complexity index is 1380. The SMILES string of the molecule is O=C(O)c1ccccc1CN1CCCC(CNc2cc(-c3ccccc3Cl)nc3c(Br)cnn23)C1. The number of fused-ring (bicyclic) bond motifs is 1. The topological polar surface area (TPSA) is 82.8 Å². The van der Waals surface area contributed by atoms with Crippen molar-refractivity contribution in [2.75, 3.05) is 25.0 Å². The van der Waals surface area contributed by atoms with Crippen LogP contribution in [-0.2, 0) is 6.54 Å². The number of carboxylic acid groups (broad SMARTS) is 1. The second-order valence-corrected chi connectivity index (χ2v) is 10.1. The molecule has 2 aromatic carbocycles. The normalized spacial score (nSPS) is 16.5. The van der Waals surface area contributed by atoms with Gasteiger partial charge in [0.05, 0.1) is 21.9 Å². The molecule has 0 radical (unpaired) electrons. The maximum absolute atomic E-state index is 11.6. The molecule has 180 valence electrons. The molecule has 0 spiro atoms. The monoisotopic (exact) mass is 553 g/mol. The fraction of sp³-hybridized carbons (Fsp3) is 0.269. The number of carbonyl (C=O) groups is 1. The predicted molar refractivity (Wildman–Crippen MR) is 141 cm³/mol. The number of rotatable bonds is 7. The Balaban J connectivity index is 1.33. The van der Waals surface area contributed by atoms with E-state index in [-0.39, 0.29) is 0 Å². The van der Waals surface area contributed by atoms with E-state index in [4.69, 9.17) is 16.6 Å². The standard InChI is InChI=1S/C26H25BrClN5O2/c27-21-14-30-33-24(12-23(31-25(21)33)20-9-3-4-10-22(20)28)29-13-17-6-5-11-32(15-17)16-18-7-1-2-8-19(18)26(34)35/h1-4,7-10,12,14,17,29H,5-6,11,13,15-16H2,(H,34,35). The van der Waals surface area contributed by atoms with Gasteiger partial charge in [0.15, 0.2) is 5.65 Å². The Kier molecular flexibility index (Phi) is 7.04. The van der Waals surface area contributed by atoms with E-state index >= 15 is 0 Å². The molecule has 0 aliphatic carbocycles. The molecule has 0 amide bonds. The van der Waals surface area contributed by atoms with E-state index in [9.17, 15) is 9.90 Å². The second-order valence-electron chi connectivity index (χ2n) is 8.82. The lowest BCUT2D eigenvalue weighted by atomic mass is 9.97. The van der Waals surface area contributed by atoms with Crippen molar-refractivity contribution in [3.8, 4) is 11.3 Å². The van der Waals surface area contributed by atoms with Gasteiger partial charge >= 0.3 is 5.97 Å². The van der Waals surface area contributed by atoms with E-state index in [0.29, 0.717) is 23.0 Å². The molecule has 0 saturated carbocycles. The lowest BCUT2D eigenvalue weighted by Gasteiger charge is -2.33. The van der Waals surface area contributed by atoms with Crippen LogP contribution >= 0.6 is 27.5 Å². The third kappa shape index (κ3) is 5.19. The van der Waals surface area contributed by atoms with Crippen LogP contribution in [0.5, 0.6) is 0 Å². The van der Waals surface area contributed by atoms with Crippen LogP contribution in [0, 0.1) is 5.92 Å². The van der Waals surface area contributed by atoms with Gasteiger partial charge in [0.25, 0.3) is 0 Å². The number of aromatic nitrogens is 3. The fourth-order valence-corrected chi connectivity index (χ4v) is 5.27. The van der Waals surface area contributed by atoms with Crippen molar-refractivity contribution in [3.05, 3.63) is 81.4 Å². The number of nitrogens with zero attached hydrogens (tertiary/aromatic N) is 4.